The Hall–Kier alpha value is -2.57. The van der Waals surface area contributed by atoms with E-state index in [-0.39, 0.29) is 6.61 Å². The topological polar surface area (TPSA) is 88.1 Å². The van der Waals surface area contributed by atoms with Gasteiger partial charge in [-0.2, -0.15) is 0 Å². The molecule has 0 bridgehead atoms. The standard InChI is InChI=1S/C16H20O7/c1-5-23-16(19)12(10-6-8-11(20-2)9-7-10)13(14(17)21-3)15(18)22-4/h6-9,12-13H,5H2,1-4H3. The van der Waals surface area contributed by atoms with Gasteiger partial charge in [-0.1, -0.05) is 12.1 Å². The fourth-order valence-corrected chi connectivity index (χ4v) is 2.13. The third-order valence-electron chi connectivity index (χ3n) is 3.26. The van der Waals surface area contributed by atoms with Gasteiger partial charge in [0.05, 0.1) is 27.9 Å². The Bertz CT molecular complexity index is 534. The van der Waals surface area contributed by atoms with Gasteiger partial charge in [-0.25, -0.2) is 0 Å². The smallest absolute Gasteiger partial charge is 0.321 e. The minimum atomic E-state index is -1.45. The molecule has 7 nitrogen and oxygen atoms in total. The number of methoxy groups -OCH3 is 3. The molecule has 1 aromatic carbocycles. The van der Waals surface area contributed by atoms with Crippen molar-refractivity contribution in [2.45, 2.75) is 12.8 Å². The van der Waals surface area contributed by atoms with Crippen LogP contribution in [-0.4, -0.2) is 45.8 Å². The molecule has 0 aliphatic heterocycles. The number of carbonyl (C=O) groups excluding carboxylic acids is 3. The molecule has 0 radical (unpaired) electrons. The summed E-state index contributed by atoms with van der Waals surface area (Å²) in [6, 6.07) is 6.40. The molecule has 0 fully saturated rings. The number of carbonyl (C=O) groups is 3. The Morgan fingerprint density at radius 2 is 1.43 bits per heavy atom. The normalized spacial score (nSPS) is 11.5. The molecule has 7 heteroatoms. The van der Waals surface area contributed by atoms with Crippen molar-refractivity contribution in [3.63, 3.8) is 0 Å². The largest absolute Gasteiger partial charge is 0.497 e. The Morgan fingerprint density at radius 1 is 0.913 bits per heavy atom. The van der Waals surface area contributed by atoms with Crippen molar-refractivity contribution < 1.29 is 33.3 Å². The molecule has 0 amide bonds. The first-order chi connectivity index (χ1) is 11.0. The average molecular weight is 324 g/mol. The van der Waals surface area contributed by atoms with Gasteiger partial charge in [-0.15, -0.1) is 0 Å². The van der Waals surface area contributed by atoms with Crippen molar-refractivity contribution in [1.82, 2.24) is 0 Å². The molecule has 1 aromatic rings. The molecule has 0 N–H and O–H groups in total. The number of ether oxygens (including phenoxy) is 4. The molecule has 0 spiro atoms. The highest BCUT2D eigenvalue weighted by molar-refractivity contribution is 6.01. The lowest BCUT2D eigenvalue weighted by Gasteiger charge is -2.22. The summed E-state index contributed by atoms with van der Waals surface area (Å²) < 4.78 is 19.3. The van der Waals surface area contributed by atoms with Crippen LogP contribution in [0.1, 0.15) is 18.4 Å². The van der Waals surface area contributed by atoms with E-state index >= 15 is 0 Å². The average Bonchev–Trinajstić information content (AvgIpc) is 2.58. The SMILES string of the molecule is CCOC(=O)C(c1ccc(OC)cc1)C(C(=O)OC)C(=O)OC. The molecule has 0 aliphatic rings. The van der Waals surface area contributed by atoms with Crippen molar-refractivity contribution >= 4 is 17.9 Å². The number of rotatable bonds is 7. The number of hydrogen-bond acceptors (Lipinski definition) is 7. The van der Waals surface area contributed by atoms with Crippen LogP contribution in [0, 0.1) is 5.92 Å². The highest BCUT2D eigenvalue weighted by atomic mass is 16.5. The molecule has 1 atom stereocenters. The number of esters is 3. The lowest BCUT2D eigenvalue weighted by molar-refractivity contribution is -0.165. The van der Waals surface area contributed by atoms with Gasteiger partial charge < -0.3 is 18.9 Å². The molecule has 0 aliphatic carbocycles. The van der Waals surface area contributed by atoms with Crippen LogP contribution in [0.5, 0.6) is 5.75 Å². The summed E-state index contributed by atoms with van der Waals surface area (Å²) in [5, 5.41) is 0. The van der Waals surface area contributed by atoms with Crippen LogP contribution in [0.3, 0.4) is 0 Å². The monoisotopic (exact) mass is 324 g/mol. The molecular formula is C16H20O7. The molecule has 0 aromatic heterocycles. The predicted molar refractivity (Wildman–Crippen MR) is 79.9 cm³/mol. The maximum atomic E-state index is 12.3. The highest BCUT2D eigenvalue weighted by Crippen LogP contribution is 2.30. The second kappa shape index (κ2) is 8.77. The van der Waals surface area contributed by atoms with Crippen molar-refractivity contribution in [3.05, 3.63) is 29.8 Å². The summed E-state index contributed by atoms with van der Waals surface area (Å²) in [6.45, 7) is 1.74. The summed E-state index contributed by atoms with van der Waals surface area (Å²) in [5.41, 5.74) is 0.421. The molecule has 23 heavy (non-hydrogen) atoms. The quantitative estimate of drug-likeness (QED) is 0.424. The predicted octanol–water partition coefficient (Wildman–Crippen LogP) is 1.30. The third-order valence-corrected chi connectivity index (χ3v) is 3.26. The van der Waals surface area contributed by atoms with Crippen LogP contribution in [0.15, 0.2) is 24.3 Å². The first-order valence-electron chi connectivity index (χ1n) is 6.96. The number of hydrogen-bond donors (Lipinski definition) is 0. The Morgan fingerprint density at radius 3 is 1.83 bits per heavy atom. The fourth-order valence-electron chi connectivity index (χ4n) is 2.13. The molecular weight excluding hydrogens is 304 g/mol. The van der Waals surface area contributed by atoms with E-state index in [1.54, 1.807) is 31.2 Å². The van der Waals surface area contributed by atoms with E-state index in [4.69, 9.17) is 9.47 Å². The fraction of sp³-hybridized carbons (Fsp3) is 0.438. The molecule has 126 valence electrons. The van der Waals surface area contributed by atoms with E-state index in [2.05, 4.69) is 9.47 Å². The van der Waals surface area contributed by atoms with Crippen molar-refractivity contribution in [2.75, 3.05) is 27.9 Å². The Labute approximate surface area is 134 Å². The van der Waals surface area contributed by atoms with Crippen molar-refractivity contribution in [1.29, 1.82) is 0 Å². The summed E-state index contributed by atoms with van der Waals surface area (Å²) in [4.78, 5) is 36.3. The van der Waals surface area contributed by atoms with Gasteiger partial charge in [-0.3, -0.25) is 14.4 Å². The maximum Gasteiger partial charge on any atom is 0.321 e. The lowest BCUT2D eigenvalue weighted by atomic mass is 9.85. The molecule has 0 saturated heterocycles. The van der Waals surface area contributed by atoms with Crippen LogP contribution in [0.25, 0.3) is 0 Å². The molecule has 1 unspecified atom stereocenters. The van der Waals surface area contributed by atoms with Gasteiger partial charge in [0.1, 0.15) is 11.7 Å². The zero-order valence-corrected chi connectivity index (χ0v) is 13.5. The van der Waals surface area contributed by atoms with Crippen LogP contribution < -0.4 is 4.74 Å². The van der Waals surface area contributed by atoms with E-state index in [0.717, 1.165) is 14.2 Å². The van der Waals surface area contributed by atoms with Gasteiger partial charge in [0.25, 0.3) is 0 Å². The first-order valence-corrected chi connectivity index (χ1v) is 6.96. The van der Waals surface area contributed by atoms with Crippen LogP contribution in [0.4, 0.5) is 0 Å². The van der Waals surface area contributed by atoms with E-state index in [9.17, 15) is 14.4 Å². The van der Waals surface area contributed by atoms with Gasteiger partial charge in [0.2, 0.25) is 0 Å². The van der Waals surface area contributed by atoms with Crippen molar-refractivity contribution in [3.8, 4) is 5.75 Å². The van der Waals surface area contributed by atoms with E-state index in [1.165, 1.54) is 7.11 Å². The van der Waals surface area contributed by atoms with Gasteiger partial charge in [0, 0.05) is 0 Å². The third kappa shape index (κ3) is 4.45. The van der Waals surface area contributed by atoms with E-state index in [0.29, 0.717) is 11.3 Å². The summed E-state index contributed by atoms with van der Waals surface area (Å²) in [6.07, 6.45) is 0. The summed E-state index contributed by atoms with van der Waals surface area (Å²) in [5.74, 6) is -4.49. The van der Waals surface area contributed by atoms with Crippen LogP contribution in [-0.2, 0) is 28.6 Å². The summed E-state index contributed by atoms with van der Waals surface area (Å²) in [7, 11) is 3.77. The van der Waals surface area contributed by atoms with E-state index in [1.807, 2.05) is 0 Å². The minimum absolute atomic E-state index is 0.112. The second-order valence-electron chi connectivity index (χ2n) is 4.53. The van der Waals surface area contributed by atoms with Crippen LogP contribution in [0.2, 0.25) is 0 Å². The summed E-state index contributed by atoms with van der Waals surface area (Å²) >= 11 is 0. The second-order valence-corrected chi connectivity index (χ2v) is 4.53. The van der Waals surface area contributed by atoms with Crippen molar-refractivity contribution in [2.24, 2.45) is 5.92 Å². The zero-order chi connectivity index (χ0) is 17.4. The Balaban J connectivity index is 3.32. The Kier molecular flexibility index (Phi) is 7.05. The molecule has 0 saturated carbocycles. The minimum Gasteiger partial charge on any atom is -0.497 e. The van der Waals surface area contributed by atoms with Gasteiger partial charge >= 0.3 is 17.9 Å². The van der Waals surface area contributed by atoms with E-state index < -0.39 is 29.7 Å². The zero-order valence-electron chi connectivity index (χ0n) is 13.5. The lowest BCUT2D eigenvalue weighted by Crippen LogP contribution is -2.37. The maximum absolute atomic E-state index is 12.3. The number of benzene rings is 1. The van der Waals surface area contributed by atoms with Gasteiger partial charge in [-0.05, 0) is 24.6 Å². The van der Waals surface area contributed by atoms with Crippen LogP contribution >= 0.6 is 0 Å². The highest BCUT2D eigenvalue weighted by Gasteiger charge is 2.43. The first kappa shape index (κ1) is 18.5. The molecule has 0 heterocycles. The molecule has 1 rings (SSSR count). The van der Waals surface area contributed by atoms with Gasteiger partial charge in [0.15, 0.2) is 5.92 Å².